The zero-order chi connectivity index (χ0) is 21.9. The van der Waals surface area contributed by atoms with Crippen molar-refractivity contribution < 1.29 is 4.79 Å². The molecular formula is C24H21N7O. The van der Waals surface area contributed by atoms with Gasteiger partial charge in [0.25, 0.3) is 0 Å². The zero-order valence-electron chi connectivity index (χ0n) is 17.4. The van der Waals surface area contributed by atoms with Crippen LogP contribution in [0.4, 0.5) is 5.82 Å². The number of carbonyl (C=O) groups is 1. The van der Waals surface area contributed by atoms with Crippen LogP contribution in [-0.4, -0.2) is 30.7 Å². The second-order valence-corrected chi connectivity index (χ2v) is 7.70. The van der Waals surface area contributed by atoms with Gasteiger partial charge in [0.05, 0.1) is 5.56 Å². The molecule has 8 nitrogen and oxygen atoms in total. The summed E-state index contributed by atoms with van der Waals surface area (Å²) < 4.78 is 2.01. The predicted octanol–water partition coefficient (Wildman–Crippen LogP) is 3.52. The van der Waals surface area contributed by atoms with Crippen LogP contribution in [-0.2, 0) is 24.2 Å². The van der Waals surface area contributed by atoms with Gasteiger partial charge in [0.1, 0.15) is 18.4 Å². The highest BCUT2D eigenvalue weighted by atomic mass is 16.2. The average molecular weight is 423 g/mol. The maximum absolute atomic E-state index is 12.9. The molecule has 0 fully saturated rings. The molecule has 158 valence electrons. The molecule has 32 heavy (non-hydrogen) atoms. The molecule has 1 aliphatic carbocycles. The van der Waals surface area contributed by atoms with Crippen molar-refractivity contribution in [1.29, 1.82) is 5.26 Å². The molecule has 2 aromatic heterocycles. The smallest absolute Gasteiger partial charge is 0.249 e. The number of fused-ring (bicyclic) bond motifs is 1. The number of carbonyl (C=O) groups excluding carboxylic acids is 1. The van der Waals surface area contributed by atoms with E-state index in [1.807, 2.05) is 65.2 Å². The average Bonchev–Trinajstić information content (AvgIpc) is 3.42. The van der Waals surface area contributed by atoms with Gasteiger partial charge >= 0.3 is 0 Å². The number of amides is 1. The van der Waals surface area contributed by atoms with Crippen molar-refractivity contribution in [2.24, 2.45) is 0 Å². The Kier molecular flexibility index (Phi) is 5.22. The Labute approximate surface area is 185 Å². The molecule has 1 N–H and O–H groups in total. The number of hydrogen-bond acceptors (Lipinski definition) is 5. The lowest BCUT2D eigenvalue weighted by Crippen LogP contribution is -2.22. The van der Waals surface area contributed by atoms with Gasteiger partial charge in [-0.15, -0.1) is 10.2 Å². The van der Waals surface area contributed by atoms with E-state index < -0.39 is 0 Å². The van der Waals surface area contributed by atoms with Gasteiger partial charge in [-0.1, -0.05) is 48.5 Å². The first-order valence-corrected chi connectivity index (χ1v) is 10.6. The molecule has 2 heterocycles. The van der Waals surface area contributed by atoms with E-state index in [-0.39, 0.29) is 12.5 Å². The van der Waals surface area contributed by atoms with Gasteiger partial charge in [0, 0.05) is 16.9 Å². The molecule has 1 aliphatic rings. The number of para-hydroxylation sites is 1. The van der Waals surface area contributed by atoms with Crippen LogP contribution in [0.2, 0.25) is 0 Å². The van der Waals surface area contributed by atoms with E-state index in [0.29, 0.717) is 17.2 Å². The first-order valence-electron chi connectivity index (χ1n) is 10.6. The lowest BCUT2D eigenvalue weighted by molar-refractivity contribution is -0.117. The fourth-order valence-corrected chi connectivity index (χ4v) is 4.21. The van der Waals surface area contributed by atoms with Crippen LogP contribution in [0.15, 0.2) is 60.7 Å². The zero-order valence-corrected chi connectivity index (χ0v) is 17.4. The first-order chi connectivity index (χ1) is 15.7. The van der Waals surface area contributed by atoms with Gasteiger partial charge in [0.2, 0.25) is 11.7 Å². The van der Waals surface area contributed by atoms with Crippen LogP contribution in [0, 0.1) is 11.3 Å². The molecule has 5 rings (SSSR count). The third-order valence-corrected chi connectivity index (χ3v) is 5.62. The second-order valence-electron chi connectivity index (χ2n) is 7.70. The lowest BCUT2D eigenvalue weighted by atomic mass is 9.95. The maximum atomic E-state index is 12.9. The molecule has 2 aromatic carbocycles. The number of hydrogen-bond donors (Lipinski definition) is 1. The van der Waals surface area contributed by atoms with Crippen LogP contribution in [0.3, 0.4) is 0 Å². The van der Waals surface area contributed by atoms with Crippen molar-refractivity contribution in [1.82, 2.24) is 24.8 Å². The summed E-state index contributed by atoms with van der Waals surface area (Å²) in [6.45, 7) is -0.102. The number of benzene rings is 2. The van der Waals surface area contributed by atoms with Gasteiger partial charge in [-0.2, -0.15) is 10.1 Å². The number of tetrazole rings is 1. The van der Waals surface area contributed by atoms with E-state index in [9.17, 15) is 10.1 Å². The molecule has 0 unspecified atom stereocenters. The van der Waals surface area contributed by atoms with Crippen molar-refractivity contribution in [3.05, 3.63) is 77.5 Å². The molecule has 0 spiro atoms. The number of nitrogens with one attached hydrogen (secondary N) is 1. The van der Waals surface area contributed by atoms with E-state index in [4.69, 9.17) is 0 Å². The van der Waals surface area contributed by atoms with Crippen molar-refractivity contribution in [3.63, 3.8) is 0 Å². The number of rotatable bonds is 5. The van der Waals surface area contributed by atoms with Crippen LogP contribution >= 0.6 is 0 Å². The van der Waals surface area contributed by atoms with E-state index in [1.54, 1.807) is 0 Å². The quantitative estimate of drug-likeness (QED) is 0.529. The summed E-state index contributed by atoms with van der Waals surface area (Å²) in [4.78, 5) is 14.2. The summed E-state index contributed by atoms with van der Waals surface area (Å²) in [6.07, 6.45) is 3.82. The number of aromatic nitrogens is 5. The molecule has 0 saturated heterocycles. The van der Waals surface area contributed by atoms with Gasteiger partial charge in [-0.05, 0) is 48.6 Å². The molecule has 0 bridgehead atoms. The van der Waals surface area contributed by atoms with E-state index in [0.717, 1.165) is 48.2 Å². The Morgan fingerprint density at radius 1 is 1.03 bits per heavy atom. The van der Waals surface area contributed by atoms with Gasteiger partial charge in [0.15, 0.2) is 0 Å². The minimum Gasteiger partial charge on any atom is -0.309 e. The summed E-state index contributed by atoms with van der Waals surface area (Å²) in [5.74, 6) is 0.656. The fraction of sp³-hybridized carbons (Fsp3) is 0.208. The highest BCUT2D eigenvalue weighted by Gasteiger charge is 2.27. The fourth-order valence-electron chi connectivity index (χ4n) is 4.21. The predicted molar refractivity (Wildman–Crippen MR) is 119 cm³/mol. The number of anilines is 1. The summed E-state index contributed by atoms with van der Waals surface area (Å²) >= 11 is 0. The highest BCUT2D eigenvalue weighted by Crippen LogP contribution is 2.35. The molecule has 0 aliphatic heterocycles. The molecule has 0 radical (unpaired) electrons. The minimum absolute atomic E-state index is 0.102. The topological polar surface area (TPSA) is 101 Å². The van der Waals surface area contributed by atoms with Gasteiger partial charge < -0.3 is 5.32 Å². The molecule has 1 amide bonds. The third kappa shape index (κ3) is 3.65. The first kappa shape index (κ1) is 19.7. The SMILES string of the molecule is N#Cc1c2c(n(-c3ccccc3)c1NC(=O)Cn1nnc(-c3ccccc3)n1)CCCC2. The van der Waals surface area contributed by atoms with Crippen LogP contribution in [0.25, 0.3) is 17.1 Å². The largest absolute Gasteiger partial charge is 0.309 e. The third-order valence-electron chi connectivity index (χ3n) is 5.62. The van der Waals surface area contributed by atoms with Gasteiger partial charge in [-0.3, -0.25) is 9.36 Å². The van der Waals surface area contributed by atoms with E-state index >= 15 is 0 Å². The normalized spacial score (nSPS) is 12.7. The maximum Gasteiger partial charge on any atom is 0.249 e. The van der Waals surface area contributed by atoms with Gasteiger partial charge in [-0.25, -0.2) is 0 Å². The minimum atomic E-state index is -0.314. The number of nitriles is 1. The van der Waals surface area contributed by atoms with Crippen LogP contribution < -0.4 is 5.32 Å². The monoisotopic (exact) mass is 423 g/mol. The van der Waals surface area contributed by atoms with E-state index in [2.05, 4.69) is 26.8 Å². The highest BCUT2D eigenvalue weighted by molar-refractivity contribution is 5.92. The van der Waals surface area contributed by atoms with Crippen molar-refractivity contribution >= 4 is 11.7 Å². The summed E-state index contributed by atoms with van der Waals surface area (Å²) in [5, 5.41) is 25.2. The van der Waals surface area contributed by atoms with Crippen molar-refractivity contribution in [2.45, 2.75) is 32.2 Å². The van der Waals surface area contributed by atoms with Crippen molar-refractivity contribution in [2.75, 3.05) is 5.32 Å². The Balaban J connectivity index is 1.45. The summed E-state index contributed by atoms with van der Waals surface area (Å²) in [7, 11) is 0. The molecule has 0 atom stereocenters. The molecule has 4 aromatic rings. The Morgan fingerprint density at radius 3 is 2.50 bits per heavy atom. The Bertz CT molecular complexity index is 1300. The lowest BCUT2D eigenvalue weighted by Gasteiger charge is -2.17. The van der Waals surface area contributed by atoms with Crippen LogP contribution in [0.5, 0.6) is 0 Å². The standard InChI is InChI=1S/C24H21N7O/c25-15-20-19-13-7-8-14-21(19)31(18-11-5-2-6-12-18)24(20)26-22(32)16-30-28-23(27-29-30)17-9-3-1-4-10-17/h1-6,9-12H,7-8,13-14,16H2,(H,26,32). The molecular weight excluding hydrogens is 402 g/mol. The second kappa shape index (κ2) is 8.47. The number of nitrogens with zero attached hydrogens (tertiary/aromatic N) is 6. The summed E-state index contributed by atoms with van der Waals surface area (Å²) in [5.41, 5.74) is 4.42. The summed E-state index contributed by atoms with van der Waals surface area (Å²) in [6, 6.07) is 21.6. The molecule has 8 heteroatoms. The Morgan fingerprint density at radius 2 is 1.75 bits per heavy atom. The van der Waals surface area contributed by atoms with Crippen LogP contribution in [0.1, 0.15) is 29.7 Å². The molecule has 0 saturated carbocycles. The Hall–Kier alpha value is -4.25. The van der Waals surface area contributed by atoms with E-state index in [1.165, 1.54) is 4.80 Å². The van der Waals surface area contributed by atoms with Crippen molar-refractivity contribution in [3.8, 4) is 23.1 Å².